The lowest BCUT2D eigenvalue weighted by atomic mass is 9.89. The van der Waals surface area contributed by atoms with E-state index in [9.17, 15) is 31.9 Å². The van der Waals surface area contributed by atoms with Gasteiger partial charge in [-0.25, -0.2) is 8.78 Å². The molecule has 34 heavy (non-hydrogen) atoms. The van der Waals surface area contributed by atoms with Crippen molar-refractivity contribution in [3.05, 3.63) is 64.2 Å². The first-order valence-electron chi connectivity index (χ1n) is 10.8. The van der Waals surface area contributed by atoms with Crippen LogP contribution in [0.5, 0.6) is 0 Å². The third-order valence-electron chi connectivity index (χ3n) is 6.10. The van der Waals surface area contributed by atoms with Gasteiger partial charge in [0.2, 0.25) is 11.8 Å². The predicted molar refractivity (Wildman–Crippen MR) is 115 cm³/mol. The highest BCUT2D eigenvalue weighted by Crippen LogP contribution is 2.34. The Morgan fingerprint density at radius 1 is 1.03 bits per heavy atom. The zero-order valence-electron chi connectivity index (χ0n) is 18.6. The molecule has 6 nitrogen and oxygen atoms in total. The van der Waals surface area contributed by atoms with Crippen molar-refractivity contribution in [1.82, 2.24) is 10.6 Å². The maximum atomic E-state index is 14.7. The van der Waals surface area contributed by atoms with E-state index in [1.807, 2.05) is 0 Å². The molecule has 0 aliphatic carbocycles. The molecule has 0 saturated carbocycles. The number of piperidine rings is 1. The lowest BCUT2D eigenvalue weighted by Gasteiger charge is -2.42. The Balaban J connectivity index is 1.41. The second-order valence-electron chi connectivity index (χ2n) is 8.85. The maximum absolute atomic E-state index is 14.7. The normalized spacial score (nSPS) is 19.0. The Labute approximate surface area is 193 Å². The Bertz CT molecular complexity index is 1130. The number of carbonyl (C=O) groups excluding carboxylic acids is 3. The van der Waals surface area contributed by atoms with E-state index < -0.39 is 58.4 Å². The maximum Gasteiger partial charge on any atom is 0.349 e. The van der Waals surface area contributed by atoms with Gasteiger partial charge in [-0.15, -0.1) is 0 Å². The zero-order chi connectivity index (χ0) is 24.8. The molecule has 2 aromatic carbocycles. The van der Waals surface area contributed by atoms with Gasteiger partial charge in [-0.2, -0.15) is 8.78 Å². The van der Waals surface area contributed by atoms with Crippen molar-refractivity contribution < 1.29 is 31.9 Å². The molecule has 2 fully saturated rings. The Hall–Kier alpha value is -3.43. The van der Waals surface area contributed by atoms with Crippen molar-refractivity contribution in [2.45, 2.75) is 44.6 Å². The predicted octanol–water partition coefficient (Wildman–Crippen LogP) is 3.20. The minimum absolute atomic E-state index is 0.00431. The molecule has 2 aliphatic heterocycles. The molecule has 2 aromatic rings. The molecule has 3 amide bonds. The molecule has 4 rings (SSSR count). The van der Waals surface area contributed by atoms with E-state index >= 15 is 0 Å². The van der Waals surface area contributed by atoms with Crippen molar-refractivity contribution in [2.75, 3.05) is 18.0 Å². The van der Waals surface area contributed by atoms with Crippen LogP contribution in [0.1, 0.15) is 41.0 Å². The molecule has 2 heterocycles. The first kappa shape index (κ1) is 23.7. The second kappa shape index (κ2) is 8.73. The van der Waals surface area contributed by atoms with Gasteiger partial charge < -0.3 is 10.2 Å². The van der Waals surface area contributed by atoms with E-state index in [2.05, 4.69) is 10.6 Å². The summed E-state index contributed by atoms with van der Waals surface area (Å²) in [7, 11) is 0. The SMILES string of the molecule is Cc1cc(C)cc(C(F)(F)C(=O)NC2CN(c3cc(F)c(C4CCC(=O)NC4=O)c(F)c3)C2)c1. The standard InChI is InChI=1S/C24H23F4N3O3/c1-12-5-13(2)7-14(6-12)24(27,28)23(34)29-15-10-31(11-15)16-8-18(25)21(19(26)9-16)17-3-4-20(32)30-22(17)33/h5-9,15,17H,3-4,10-11H2,1-2H3,(H,29,34)(H,30,32,33). The van der Waals surface area contributed by atoms with E-state index in [-0.39, 0.29) is 31.6 Å². The minimum atomic E-state index is -3.72. The summed E-state index contributed by atoms with van der Waals surface area (Å²) in [5.74, 6) is -9.38. The highest BCUT2D eigenvalue weighted by atomic mass is 19.3. The fourth-order valence-corrected chi connectivity index (χ4v) is 4.40. The molecule has 2 N–H and O–H groups in total. The van der Waals surface area contributed by atoms with Crippen LogP contribution in [0.25, 0.3) is 0 Å². The average Bonchev–Trinajstić information content (AvgIpc) is 2.70. The lowest BCUT2D eigenvalue weighted by Crippen LogP contribution is -2.61. The van der Waals surface area contributed by atoms with Gasteiger partial charge in [-0.1, -0.05) is 17.2 Å². The smallest absolute Gasteiger partial charge is 0.349 e. The highest BCUT2D eigenvalue weighted by molar-refractivity contribution is 6.01. The summed E-state index contributed by atoms with van der Waals surface area (Å²) < 4.78 is 58.7. The number of amides is 3. The fourth-order valence-electron chi connectivity index (χ4n) is 4.40. The van der Waals surface area contributed by atoms with Crippen LogP contribution in [0, 0.1) is 25.5 Å². The van der Waals surface area contributed by atoms with Crippen LogP contribution in [-0.2, 0) is 20.3 Å². The van der Waals surface area contributed by atoms with E-state index in [0.717, 1.165) is 12.1 Å². The number of rotatable bonds is 5. The van der Waals surface area contributed by atoms with E-state index in [0.29, 0.717) is 11.1 Å². The Kier molecular flexibility index (Phi) is 6.09. The number of imide groups is 1. The van der Waals surface area contributed by atoms with Crippen molar-refractivity contribution in [3.8, 4) is 0 Å². The van der Waals surface area contributed by atoms with Crippen LogP contribution >= 0.6 is 0 Å². The molecule has 0 aromatic heterocycles. The third kappa shape index (κ3) is 4.49. The summed E-state index contributed by atoms with van der Waals surface area (Å²) in [5.41, 5.74) is 0.584. The molecule has 0 bridgehead atoms. The van der Waals surface area contributed by atoms with Crippen LogP contribution in [0.2, 0.25) is 0 Å². The van der Waals surface area contributed by atoms with Crippen LogP contribution in [0.4, 0.5) is 23.2 Å². The van der Waals surface area contributed by atoms with E-state index in [1.165, 1.54) is 17.0 Å². The van der Waals surface area contributed by atoms with Crippen LogP contribution in [0.3, 0.4) is 0 Å². The number of alkyl halides is 2. The Morgan fingerprint density at radius 3 is 2.18 bits per heavy atom. The van der Waals surface area contributed by atoms with Gasteiger partial charge in [0, 0.05) is 36.3 Å². The summed E-state index contributed by atoms with van der Waals surface area (Å²) >= 11 is 0. The van der Waals surface area contributed by atoms with Gasteiger partial charge in [-0.3, -0.25) is 19.7 Å². The number of nitrogens with zero attached hydrogens (tertiary/aromatic N) is 1. The number of carbonyl (C=O) groups is 3. The summed E-state index contributed by atoms with van der Waals surface area (Å²) in [4.78, 5) is 37.1. The molecule has 2 aliphatic rings. The fraction of sp³-hybridized carbons (Fsp3) is 0.375. The third-order valence-corrected chi connectivity index (χ3v) is 6.10. The van der Waals surface area contributed by atoms with Gasteiger partial charge in [-0.05, 0) is 44.5 Å². The molecule has 0 spiro atoms. The van der Waals surface area contributed by atoms with Gasteiger partial charge in [0.1, 0.15) is 11.6 Å². The minimum Gasteiger partial charge on any atom is -0.367 e. The summed E-state index contributed by atoms with van der Waals surface area (Å²) in [6, 6.07) is 5.75. The molecule has 2 saturated heterocycles. The molecular weight excluding hydrogens is 454 g/mol. The number of nitrogens with one attached hydrogen (secondary N) is 2. The molecule has 10 heteroatoms. The first-order chi connectivity index (χ1) is 16.0. The summed E-state index contributed by atoms with van der Waals surface area (Å²) in [6.45, 7) is 3.51. The van der Waals surface area contributed by atoms with Crippen LogP contribution < -0.4 is 15.5 Å². The van der Waals surface area contributed by atoms with Crippen LogP contribution in [-0.4, -0.2) is 36.9 Å². The summed E-state index contributed by atoms with van der Waals surface area (Å²) in [6.07, 6.45) is -0.0123. The van der Waals surface area contributed by atoms with E-state index in [1.54, 1.807) is 19.9 Å². The average molecular weight is 477 g/mol. The topological polar surface area (TPSA) is 78.5 Å². The molecule has 180 valence electrons. The van der Waals surface area contributed by atoms with Crippen molar-refractivity contribution in [3.63, 3.8) is 0 Å². The quantitative estimate of drug-likeness (QED) is 0.512. The van der Waals surface area contributed by atoms with Gasteiger partial charge in [0.15, 0.2) is 0 Å². The molecule has 1 unspecified atom stereocenters. The number of aryl methyl sites for hydroxylation is 2. The molecular formula is C24H23F4N3O3. The van der Waals surface area contributed by atoms with Gasteiger partial charge in [0.05, 0.1) is 12.0 Å². The van der Waals surface area contributed by atoms with E-state index in [4.69, 9.17) is 0 Å². The monoisotopic (exact) mass is 477 g/mol. The first-order valence-corrected chi connectivity index (χ1v) is 10.8. The molecule has 0 radical (unpaired) electrons. The zero-order valence-corrected chi connectivity index (χ0v) is 18.6. The number of hydrogen-bond donors (Lipinski definition) is 2. The highest BCUT2D eigenvalue weighted by Gasteiger charge is 2.43. The summed E-state index contributed by atoms with van der Waals surface area (Å²) in [5, 5.41) is 4.37. The van der Waals surface area contributed by atoms with Crippen molar-refractivity contribution >= 4 is 23.4 Å². The number of benzene rings is 2. The molecule has 1 atom stereocenters. The largest absolute Gasteiger partial charge is 0.367 e. The Morgan fingerprint density at radius 2 is 1.62 bits per heavy atom. The second-order valence-corrected chi connectivity index (χ2v) is 8.85. The number of hydrogen-bond acceptors (Lipinski definition) is 4. The number of anilines is 1. The van der Waals surface area contributed by atoms with Gasteiger partial charge >= 0.3 is 5.92 Å². The van der Waals surface area contributed by atoms with Crippen molar-refractivity contribution in [2.24, 2.45) is 0 Å². The van der Waals surface area contributed by atoms with Crippen LogP contribution in [0.15, 0.2) is 30.3 Å². The number of halogens is 4. The van der Waals surface area contributed by atoms with Crippen molar-refractivity contribution in [1.29, 1.82) is 0 Å². The lowest BCUT2D eigenvalue weighted by molar-refractivity contribution is -0.148. The van der Waals surface area contributed by atoms with Gasteiger partial charge in [0.25, 0.3) is 5.91 Å².